The highest BCUT2D eigenvalue weighted by Gasteiger charge is 2.38. The monoisotopic (exact) mass is 240 g/mol. The van der Waals surface area contributed by atoms with Crippen molar-refractivity contribution in [2.24, 2.45) is 11.8 Å². The number of piperidine rings is 2. The number of carbonyl (C=O) groups excluding carboxylic acids is 2. The Hall–Kier alpha value is -1.26. The molecule has 2 amide bonds. The summed E-state index contributed by atoms with van der Waals surface area (Å²) in [4.78, 5) is 25.2. The summed E-state index contributed by atoms with van der Waals surface area (Å²) in [5.74, 6) is 0.378. The maximum Gasteiger partial charge on any atom is 0.410 e. The highest BCUT2D eigenvalue weighted by atomic mass is 16.6. The van der Waals surface area contributed by atoms with Crippen LogP contribution in [-0.4, -0.2) is 42.1 Å². The van der Waals surface area contributed by atoms with Gasteiger partial charge in [0.25, 0.3) is 0 Å². The van der Waals surface area contributed by atoms with E-state index in [0.29, 0.717) is 25.6 Å². The minimum Gasteiger partial charge on any atom is -0.444 e. The third kappa shape index (κ3) is 2.90. The van der Waals surface area contributed by atoms with E-state index in [-0.39, 0.29) is 17.9 Å². The molecule has 2 aliphatic heterocycles. The third-order valence-electron chi connectivity index (χ3n) is 3.12. The number of hydrogen-bond acceptors (Lipinski definition) is 3. The van der Waals surface area contributed by atoms with Crippen LogP contribution in [0.2, 0.25) is 0 Å². The Morgan fingerprint density at radius 2 is 2.12 bits per heavy atom. The van der Waals surface area contributed by atoms with E-state index in [9.17, 15) is 9.59 Å². The van der Waals surface area contributed by atoms with E-state index in [1.165, 1.54) is 0 Å². The molecule has 2 aliphatic rings. The Morgan fingerprint density at radius 3 is 2.76 bits per heavy atom. The minimum absolute atomic E-state index is 0.0602. The van der Waals surface area contributed by atoms with Crippen molar-refractivity contribution in [1.29, 1.82) is 0 Å². The molecular formula is C12H20N2O3. The standard InChI is InChI=1S/C12H20N2O3/c1-12(2,3)17-11(16)14-6-8-4-9(7-14)10(15)13-5-8/h8-9H,4-7H2,1-3H3,(H,13,15)/t8-,9-/m1/s1. The molecule has 2 heterocycles. The molecule has 0 aliphatic carbocycles. The van der Waals surface area contributed by atoms with E-state index in [2.05, 4.69) is 5.32 Å². The normalized spacial score (nSPS) is 28.6. The van der Waals surface area contributed by atoms with Gasteiger partial charge in [-0.1, -0.05) is 0 Å². The van der Waals surface area contributed by atoms with Crippen LogP contribution < -0.4 is 5.32 Å². The summed E-state index contributed by atoms with van der Waals surface area (Å²) in [6, 6.07) is 0. The quantitative estimate of drug-likeness (QED) is 0.687. The molecule has 0 saturated carbocycles. The smallest absolute Gasteiger partial charge is 0.410 e. The first-order chi connectivity index (χ1) is 7.85. The highest BCUT2D eigenvalue weighted by molar-refractivity contribution is 5.81. The summed E-state index contributed by atoms with van der Waals surface area (Å²) in [7, 11) is 0. The number of nitrogens with zero attached hydrogens (tertiary/aromatic N) is 1. The molecule has 2 bridgehead atoms. The maximum atomic E-state index is 11.9. The van der Waals surface area contributed by atoms with Gasteiger partial charge in [-0.15, -0.1) is 0 Å². The van der Waals surface area contributed by atoms with Gasteiger partial charge in [0, 0.05) is 19.6 Å². The lowest BCUT2D eigenvalue weighted by atomic mass is 9.85. The van der Waals surface area contributed by atoms with E-state index in [4.69, 9.17) is 4.74 Å². The number of fused-ring (bicyclic) bond motifs is 2. The van der Waals surface area contributed by atoms with Crippen molar-refractivity contribution < 1.29 is 14.3 Å². The number of nitrogens with one attached hydrogen (secondary N) is 1. The Kier molecular flexibility index (Phi) is 3.02. The molecule has 5 nitrogen and oxygen atoms in total. The van der Waals surface area contributed by atoms with Gasteiger partial charge in [0.1, 0.15) is 5.60 Å². The average Bonchev–Trinajstić information content (AvgIpc) is 2.21. The molecule has 0 aromatic rings. The molecule has 2 saturated heterocycles. The van der Waals surface area contributed by atoms with E-state index >= 15 is 0 Å². The van der Waals surface area contributed by atoms with Crippen LogP contribution in [0.3, 0.4) is 0 Å². The van der Waals surface area contributed by atoms with Crippen LogP contribution in [0.15, 0.2) is 0 Å². The molecule has 5 heteroatoms. The molecule has 2 rings (SSSR count). The van der Waals surface area contributed by atoms with Gasteiger partial charge in [0.2, 0.25) is 5.91 Å². The summed E-state index contributed by atoms with van der Waals surface area (Å²) < 4.78 is 5.33. The SMILES string of the molecule is CC(C)(C)OC(=O)N1C[C@H]2CNC(=O)[C@H](C2)C1. The predicted octanol–water partition coefficient (Wildman–Crippen LogP) is 0.989. The molecule has 2 atom stereocenters. The van der Waals surface area contributed by atoms with Gasteiger partial charge in [-0.25, -0.2) is 4.79 Å². The first-order valence-electron chi connectivity index (χ1n) is 6.11. The molecule has 0 radical (unpaired) electrons. The fourth-order valence-corrected chi connectivity index (χ4v) is 2.41. The second-order valence-corrected chi connectivity index (χ2v) is 5.93. The van der Waals surface area contributed by atoms with E-state index in [1.807, 2.05) is 20.8 Å². The Balaban J connectivity index is 1.99. The largest absolute Gasteiger partial charge is 0.444 e. The molecular weight excluding hydrogens is 220 g/mol. The molecule has 0 spiro atoms. The van der Waals surface area contributed by atoms with Gasteiger partial charge in [-0.2, -0.15) is 0 Å². The Morgan fingerprint density at radius 1 is 1.41 bits per heavy atom. The van der Waals surface area contributed by atoms with Crippen LogP contribution in [0, 0.1) is 11.8 Å². The predicted molar refractivity (Wildman–Crippen MR) is 62.4 cm³/mol. The van der Waals surface area contributed by atoms with Crippen LogP contribution in [0.1, 0.15) is 27.2 Å². The van der Waals surface area contributed by atoms with Crippen molar-refractivity contribution in [2.75, 3.05) is 19.6 Å². The van der Waals surface area contributed by atoms with Crippen molar-refractivity contribution in [3.63, 3.8) is 0 Å². The van der Waals surface area contributed by atoms with Crippen molar-refractivity contribution in [2.45, 2.75) is 32.8 Å². The van der Waals surface area contributed by atoms with E-state index in [0.717, 1.165) is 6.42 Å². The lowest BCUT2D eigenvalue weighted by Crippen LogP contribution is -2.55. The van der Waals surface area contributed by atoms with Crippen LogP contribution in [0.4, 0.5) is 4.79 Å². The molecule has 2 fully saturated rings. The third-order valence-corrected chi connectivity index (χ3v) is 3.12. The second-order valence-electron chi connectivity index (χ2n) is 5.93. The van der Waals surface area contributed by atoms with Gasteiger partial charge in [0.05, 0.1) is 5.92 Å². The number of amides is 2. The first kappa shape index (κ1) is 12.2. The summed E-state index contributed by atoms with van der Waals surface area (Å²) in [6.45, 7) is 7.39. The van der Waals surface area contributed by atoms with Gasteiger partial charge in [-0.05, 0) is 33.1 Å². The number of ether oxygens (including phenoxy) is 1. The fourth-order valence-electron chi connectivity index (χ4n) is 2.41. The number of hydrogen-bond donors (Lipinski definition) is 1. The molecule has 0 unspecified atom stereocenters. The van der Waals surface area contributed by atoms with Crippen LogP contribution >= 0.6 is 0 Å². The van der Waals surface area contributed by atoms with E-state index in [1.54, 1.807) is 4.90 Å². The molecule has 17 heavy (non-hydrogen) atoms. The van der Waals surface area contributed by atoms with Crippen molar-refractivity contribution in [3.8, 4) is 0 Å². The number of carbonyl (C=O) groups is 2. The summed E-state index contributed by atoms with van der Waals surface area (Å²) in [5.41, 5.74) is -0.480. The lowest BCUT2D eigenvalue weighted by Gasteiger charge is -2.40. The minimum atomic E-state index is -0.480. The summed E-state index contributed by atoms with van der Waals surface area (Å²) in [5, 5.41) is 2.87. The molecule has 0 aromatic carbocycles. The van der Waals surface area contributed by atoms with Crippen molar-refractivity contribution in [1.82, 2.24) is 10.2 Å². The van der Waals surface area contributed by atoms with Gasteiger partial charge >= 0.3 is 6.09 Å². The van der Waals surface area contributed by atoms with Gasteiger partial charge < -0.3 is 15.0 Å². The highest BCUT2D eigenvalue weighted by Crippen LogP contribution is 2.26. The fraction of sp³-hybridized carbons (Fsp3) is 0.833. The zero-order valence-corrected chi connectivity index (χ0v) is 10.7. The average molecular weight is 240 g/mol. The Labute approximate surface area is 101 Å². The van der Waals surface area contributed by atoms with Crippen LogP contribution in [-0.2, 0) is 9.53 Å². The number of likely N-dealkylation sites (tertiary alicyclic amines) is 1. The second kappa shape index (κ2) is 4.20. The van der Waals surface area contributed by atoms with Crippen LogP contribution in [0.25, 0.3) is 0 Å². The van der Waals surface area contributed by atoms with E-state index < -0.39 is 5.60 Å². The summed E-state index contributed by atoms with van der Waals surface area (Å²) in [6.07, 6.45) is 0.590. The van der Waals surface area contributed by atoms with Crippen molar-refractivity contribution in [3.05, 3.63) is 0 Å². The van der Waals surface area contributed by atoms with Crippen molar-refractivity contribution >= 4 is 12.0 Å². The maximum absolute atomic E-state index is 11.9. The molecule has 96 valence electrons. The van der Waals surface area contributed by atoms with Crippen LogP contribution in [0.5, 0.6) is 0 Å². The summed E-state index contributed by atoms with van der Waals surface area (Å²) >= 11 is 0. The molecule has 1 N–H and O–H groups in total. The molecule has 0 aromatic heterocycles. The lowest BCUT2D eigenvalue weighted by molar-refractivity contribution is -0.130. The van der Waals surface area contributed by atoms with Gasteiger partial charge in [-0.3, -0.25) is 4.79 Å². The topological polar surface area (TPSA) is 58.6 Å². The Bertz CT molecular complexity index is 335. The van der Waals surface area contributed by atoms with Gasteiger partial charge in [0.15, 0.2) is 0 Å². The first-order valence-corrected chi connectivity index (χ1v) is 6.11. The zero-order valence-electron chi connectivity index (χ0n) is 10.7. The zero-order chi connectivity index (χ0) is 12.6. The number of rotatable bonds is 0.